The predicted molar refractivity (Wildman–Crippen MR) is 60.5 cm³/mol. The highest BCUT2D eigenvalue weighted by Crippen LogP contribution is 2.46. The zero-order chi connectivity index (χ0) is 10.2. The third-order valence-electron chi connectivity index (χ3n) is 3.25. The van der Waals surface area contributed by atoms with Gasteiger partial charge in [0.25, 0.3) is 0 Å². The lowest BCUT2D eigenvalue weighted by atomic mass is 10.0. The van der Waals surface area contributed by atoms with Gasteiger partial charge in [-0.05, 0) is 30.4 Å². The van der Waals surface area contributed by atoms with Crippen molar-refractivity contribution < 1.29 is 0 Å². The van der Waals surface area contributed by atoms with Crippen LogP contribution in [0.25, 0.3) is 0 Å². The van der Waals surface area contributed by atoms with E-state index in [-0.39, 0.29) is 5.54 Å². The first-order valence-electron chi connectivity index (χ1n) is 5.18. The molecule has 1 nitrogen and oxygen atoms in total. The van der Waals surface area contributed by atoms with E-state index in [1.807, 2.05) is 18.2 Å². The van der Waals surface area contributed by atoms with Crippen LogP contribution in [0.2, 0.25) is 5.02 Å². The monoisotopic (exact) mass is 209 g/mol. The molecule has 0 aliphatic heterocycles. The molecule has 2 rings (SSSR count). The van der Waals surface area contributed by atoms with E-state index in [0.29, 0.717) is 5.92 Å². The van der Waals surface area contributed by atoms with Crippen LogP contribution in [-0.2, 0) is 6.42 Å². The van der Waals surface area contributed by atoms with Crippen molar-refractivity contribution in [1.82, 2.24) is 0 Å². The summed E-state index contributed by atoms with van der Waals surface area (Å²) in [7, 11) is 0. The first-order chi connectivity index (χ1) is 6.65. The summed E-state index contributed by atoms with van der Waals surface area (Å²) in [6.45, 7) is 2.20. The van der Waals surface area contributed by atoms with Crippen LogP contribution in [0.4, 0.5) is 0 Å². The van der Waals surface area contributed by atoms with Crippen LogP contribution in [0.5, 0.6) is 0 Å². The Bertz CT molecular complexity index is 337. The maximum Gasteiger partial charge on any atom is 0.0438 e. The Morgan fingerprint density at radius 2 is 2.21 bits per heavy atom. The van der Waals surface area contributed by atoms with Gasteiger partial charge in [0, 0.05) is 10.6 Å². The van der Waals surface area contributed by atoms with Gasteiger partial charge in [0.15, 0.2) is 0 Å². The molecule has 14 heavy (non-hydrogen) atoms. The molecular formula is C12H16ClN. The Balaban J connectivity index is 2.09. The van der Waals surface area contributed by atoms with E-state index in [2.05, 4.69) is 13.0 Å². The van der Waals surface area contributed by atoms with E-state index in [9.17, 15) is 0 Å². The molecular weight excluding hydrogens is 194 g/mol. The molecule has 0 aromatic heterocycles. The fourth-order valence-electron chi connectivity index (χ4n) is 2.16. The minimum absolute atomic E-state index is 0.0275. The van der Waals surface area contributed by atoms with Crippen molar-refractivity contribution >= 4 is 11.6 Å². The van der Waals surface area contributed by atoms with Gasteiger partial charge in [-0.1, -0.05) is 43.1 Å². The lowest BCUT2D eigenvalue weighted by Gasteiger charge is -2.12. The van der Waals surface area contributed by atoms with Crippen molar-refractivity contribution in [2.75, 3.05) is 0 Å². The number of benzene rings is 1. The molecule has 2 atom stereocenters. The highest BCUT2D eigenvalue weighted by molar-refractivity contribution is 6.31. The van der Waals surface area contributed by atoms with Crippen molar-refractivity contribution in [2.45, 2.75) is 31.7 Å². The molecule has 0 radical (unpaired) electrons. The van der Waals surface area contributed by atoms with Gasteiger partial charge in [0.2, 0.25) is 0 Å². The summed E-state index contributed by atoms with van der Waals surface area (Å²) in [5, 5.41) is 0.846. The number of halogens is 1. The van der Waals surface area contributed by atoms with Crippen LogP contribution in [0, 0.1) is 5.92 Å². The molecule has 0 spiro atoms. The van der Waals surface area contributed by atoms with Gasteiger partial charge in [-0.15, -0.1) is 0 Å². The number of rotatable bonds is 3. The molecule has 1 aromatic rings. The van der Waals surface area contributed by atoms with E-state index in [4.69, 9.17) is 17.3 Å². The van der Waals surface area contributed by atoms with Gasteiger partial charge in [0.05, 0.1) is 0 Å². The van der Waals surface area contributed by atoms with Crippen molar-refractivity contribution in [3.63, 3.8) is 0 Å². The summed E-state index contributed by atoms with van der Waals surface area (Å²) in [5.74, 6) is 0.693. The second kappa shape index (κ2) is 3.56. The van der Waals surface area contributed by atoms with Crippen molar-refractivity contribution in [3.8, 4) is 0 Å². The quantitative estimate of drug-likeness (QED) is 0.814. The molecule has 0 saturated heterocycles. The summed E-state index contributed by atoms with van der Waals surface area (Å²) in [5.41, 5.74) is 7.46. The summed E-state index contributed by atoms with van der Waals surface area (Å²) in [4.78, 5) is 0. The minimum atomic E-state index is 0.0275. The zero-order valence-corrected chi connectivity index (χ0v) is 9.22. The average Bonchev–Trinajstić information content (AvgIpc) is 2.81. The Labute approximate surface area is 90.3 Å². The molecule has 0 amide bonds. The second-order valence-electron chi connectivity index (χ2n) is 4.31. The molecule has 2 N–H and O–H groups in total. The maximum absolute atomic E-state index is 6.24. The maximum atomic E-state index is 6.24. The Morgan fingerprint density at radius 3 is 2.79 bits per heavy atom. The summed E-state index contributed by atoms with van der Waals surface area (Å²) in [6.07, 6.45) is 3.25. The van der Waals surface area contributed by atoms with E-state index >= 15 is 0 Å². The van der Waals surface area contributed by atoms with Crippen molar-refractivity contribution in [3.05, 3.63) is 34.9 Å². The lowest BCUT2D eigenvalue weighted by molar-refractivity contribution is 0.579. The summed E-state index contributed by atoms with van der Waals surface area (Å²) < 4.78 is 0. The van der Waals surface area contributed by atoms with Gasteiger partial charge in [-0.3, -0.25) is 0 Å². The predicted octanol–water partition coefficient (Wildman–Crippen LogP) is 3.01. The van der Waals surface area contributed by atoms with Crippen LogP contribution in [0.1, 0.15) is 25.3 Å². The number of nitrogens with two attached hydrogens (primary N) is 1. The van der Waals surface area contributed by atoms with Crippen LogP contribution in [0.3, 0.4) is 0 Å². The third kappa shape index (κ3) is 1.79. The Kier molecular flexibility index (Phi) is 2.54. The molecule has 1 saturated carbocycles. The first-order valence-corrected chi connectivity index (χ1v) is 5.56. The molecule has 76 valence electrons. The zero-order valence-electron chi connectivity index (χ0n) is 8.46. The van der Waals surface area contributed by atoms with Crippen LogP contribution < -0.4 is 5.73 Å². The Hall–Kier alpha value is -0.530. The topological polar surface area (TPSA) is 26.0 Å². The third-order valence-corrected chi connectivity index (χ3v) is 3.62. The van der Waals surface area contributed by atoms with Gasteiger partial charge in [-0.25, -0.2) is 0 Å². The second-order valence-corrected chi connectivity index (χ2v) is 4.72. The number of hydrogen-bond acceptors (Lipinski definition) is 1. The normalized spacial score (nSPS) is 30.4. The Morgan fingerprint density at radius 1 is 1.50 bits per heavy atom. The molecule has 0 heterocycles. The fourth-order valence-corrected chi connectivity index (χ4v) is 2.37. The fraction of sp³-hybridized carbons (Fsp3) is 0.500. The average molecular weight is 210 g/mol. The molecule has 1 aromatic carbocycles. The summed E-state index contributed by atoms with van der Waals surface area (Å²) in [6, 6.07) is 7.98. The largest absolute Gasteiger partial charge is 0.325 e. The highest BCUT2D eigenvalue weighted by atomic mass is 35.5. The molecule has 2 heteroatoms. The molecule has 0 bridgehead atoms. The van der Waals surface area contributed by atoms with Crippen LogP contribution in [-0.4, -0.2) is 5.54 Å². The van der Waals surface area contributed by atoms with Crippen molar-refractivity contribution in [1.29, 1.82) is 0 Å². The number of hydrogen-bond donors (Lipinski definition) is 1. The van der Waals surface area contributed by atoms with Gasteiger partial charge in [-0.2, -0.15) is 0 Å². The first kappa shape index (κ1) is 10.0. The smallest absolute Gasteiger partial charge is 0.0438 e. The van der Waals surface area contributed by atoms with E-state index < -0.39 is 0 Å². The van der Waals surface area contributed by atoms with Crippen LogP contribution in [0.15, 0.2) is 24.3 Å². The van der Waals surface area contributed by atoms with Gasteiger partial charge in [0.1, 0.15) is 0 Å². The van der Waals surface area contributed by atoms with E-state index in [1.165, 1.54) is 12.0 Å². The van der Waals surface area contributed by atoms with Gasteiger partial charge >= 0.3 is 0 Å². The van der Waals surface area contributed by atoms with Crippen LogP contribution >= 0.6 is 11.6 Å². The molecule has 1 fully saturated rings. The standard InChI is InChI=1S/C12H16ClN/c1-2-10-8-12(10,14)7-9-5-3-4-6-11(9)13/h3-6,10H,2,7-8,14H2,1H3. The molecule has 1 aliphatic rings. The lowest BCUT2D eigenvalue weighted by Crippen LogP contribution is -2.27. The van der Waals surface area contributed by atoms with E-state index in [0.717, 1.165) is 17.9 Å². The minimum Gasteiger partial charge on any atom is -0.325 e. The van der Waals surface area contributed by atoms with Gasteiger partial charge < -0.3 is 5.73 Å². The van der Waals surface area contributed by atoms with E-state index in [1.54, 1.807) is 0 Å². The summed E-state index contributed by atoms with van der Waals surface area (Å²) >= 11 is 6.09. The van der Waals surface area contributed by atoms with Crippen molar-refractivity contribution in [2.24, 2.45) is 11.7 Å². The molecule has 1 aliphatic carbocycles. The highest BCUT2D eigenvalue weighted by Gasteiger charge is 2.49. The SMILES string of the molecule is CCC1CC1(N)Cc1ccccc1Cl. The molecule has 2 unspecified atom stereocenters.